The van der Waals surface area contributed by atoms with E-state index in [0.717, 1.165) is 0 Å². The van der Waals surface area contributed by atoms with Crippen LogP contribution in [0, 0.1) is 0 Å². The molecule has 0 radical (unpaired) electrons. The Labute approximate surface area is 38.1 Å². The van der Waals surface area contributed by atoms with Gasteiger partial charge in [-0.2, -0.15) is 9.78 Å². The highest BCUT2D eigenvalue weighted by Gasteiger charge is 2.39. The van der Waals surface area contributed by atoms with E-state index in [1.807, 2.05) is 0 Å². The van der Waals surface area contributed by atoms with Crippen LogP contribution < -0.4 is 0 Å². The van der Waals surface area contributed by atoms with Gasteiger partial charge in [-0.3, -0.25) is 0 Å². The van der Waals surface area contributed by atoms with E-state index < -0.39 is 4.70 Å². The Morgan fingerprint density at radius 1 is 1.60 bits per heavy atom. The minimum Gasteiger partial charge on any atom is -0.182 e. The number of halogens is 1. The van der Waals surface area contributed by atoms with E-state index in [9.17, 15) is 0 Å². The molecule has 0 amide bonds. The molecule has 0 atom stereocenters. The average Bonchev–Trinajstić information content (AvgIpc) is 1.76. The molecule has 1 fully saturated rings. The van der Waals surface area contributed by atoms with Crippen molar-refractivity contribution < 1.29 is 9.78 Å². The van der Waals surface area contributed by atoms with Crippen molar-refractivity contribution in [2.24, 2.45) is 0 Å². The smallest absolute Gasteiger partial charge is 0.182 e. The zero-order valence-electron chi connectivity index (χ0n) is 2.69. The van der Waals surface area contributed by atoms with Gasteiger partial charge in [0.1, 0.15) is 0 Å². The Kier molecular flexibility index (Phi) is 0.517. The third-order valence-electron chi connectivity index (χ3n) is 0.313. The lowest BCUT2D eigenvalue weighted by molar-refractivity contribution is 0.0850. The van der Waals surface area contributed by atoms with Gasteiger partial charge in [-0.1, -0.05) is 0 Å². The van der Waals surface area contributed by atoms with Crippen LogP contribution >= 0.6 is 15.9 Å². The molecule has 1 rings (SSSR count). The van der Waals surface area contributed by atoms with Gasteiger partial charge in [0.15, 0.2) is 0 Å². The van der Waals surface area contributed by atoms with Gasteiger partial charge < -0.3 is 0 Å². The van der Waals surface area contributed by atoms with E-state index in [-0.39, 0.29) is 0 Å². The van der Waals surface area contributed by atoms with Crippen molar-refractivity contribution >= 4 is 15.9 Å². The zero-order chi connectivity index (χ0) is 3.91. The Balaban J connectivity index is 2.38. The average molecular weight is 139 g/mol. The van der Waals surface area contributed by atoms with Crippen LogP contribution in [-0.2, 0) is 9.78 Å². The van der Waals surface area contributed by atoms with Gasteiger partial charge in [-0.05, 0) is 15.9 Å². The minimum atomic E-state index is -0.438. The first-order chi connectivity index (χ1) is 2.21. The third-order valence-corrected chi connectivity index (χ3v) is 0.577. The molecule has 2 nitrogen and oxygen atoms in total. The summed E-state index contributed by atoms with van der Waals surface area (Å²) in [6.45, 7) is 1.77. The minimum absolute atomic E-state index is 0.438. The van der Waals surface area contributed by atoms with Crippen molar-refractivity contribution in [1.82, 2.24) is 0 Å². The summed E-state index contributed by atoms with van der Waals surface area (Å²) in [7, 11) is 0. The van der Waals surface area contributed by atoms with Gasteiger partial charge in [0.2, 0.25) is 0 Å². The molecule has 0 unspecified atom stereocenters. The van der Waals surface area contributed by atoms with Gasteiger partial charge in [-0.25, -0.2) is 0 Å². The molecule has 30 valence electrons. The highest BCUT2D eigenvalue weighted by atomic mass is 79.9. The highest BCUT2D eigenvalue weighted by molar-refractivity contribution is 9.10. The summed E-state index contributed by atoms with van der Waals surface area (Å²) in [6.07, 6.45) is 0. The maximum absolute atomic E-state index is 4.31. The maximum atomic E-state index is 4.31. The van der Waals surface area contributed by atoms with E-state index in [2.05, 4.69) is 25.7 Å². The fourth-order valence-corrected chi connectivity index (χ4v) is 0.123. The van der Waals surface area contributed by atoms with Crippen LogP contribution in [0.4, 0.5) is 0 Å². The molecule has 1 aliphatic rings. The van der Waals surface area contributed by atoms with Crippen LogP contribution in [0.1, 0.15) is 6.92 Å². The molecule has 1 heterocycles. The molecule has 1 saturated heterocycles. The first-order valence-electron chi connectivity index (χ1n) is 1.26. The molecule has 5 heavy (non-hydrogen) atoms. The molecule has 0 N–H and O–H groups in total. The van der Waals surface area contributed by atoms with Gasteiger partial charge in [-0.15, -0.1) is 0 Å². The fourth-order valence-electron chi connectivity index (χ4n) is 0.0574. The number of alkyl halides is 1. The molecule has 0 aromatic carbocycles. The first kappa shape index (κ1) is 3.59. The lowest BCUT2D eigenvalue weighted by Crippen LogP contribution is -1.82. The molecule has 1 aliphatic heterocycles. The monoisotopic (exact) mass is 138 g/mol. The normalized spacial score (nSPS) is 30.0. The van der Waals surface area contributed by atoms with E-state index in [1.165, 1.54) is 0 Å². The van der Waals surface area contributed by atoms with Gasteiger partial charge in [0, 0.05) is 6.92 Å². The summed E-state index contributed by atoms with van der Waals surface area (Å²) in [6, 6.07) is 0. The van der Waals surface area contributed by atoms with Crippen LogP contribution in [0.25, 0.3) is 0 Å². The van der Waals surface area contributed by atoms with Crippen LogP contribution in [0.2, 0.25) is 0 Å². The molecule has 3 heteroatoms. The Morgan fingerprint density at radius 2 is 1.80 bits per heavy atom. The zero-order valence-corrected chi connectivity index (χ0v) is 4.28. The predicted octanol–water partition coefficient (Wildman–Crippen LogP) is 1.02. The number of hydrogen-bond donors (Lipinski definition) is 0. The van der Waals surface area contributed by atoms with E-state index in [4.69, 9.17) is 0 Å². The SMILES string of the molecule is CC1(Br)OO1. The summed E-state index contributed by atoms with van der Waals surface area (Å²) in [5.41, 5.74) is 0. The molecule has 0 bridgehead atoms. The van der Waals surface area contributed by atoms with Crippen LogP contribution in [-0.4, -0.2) is 4.70 Å². The highest BCUT2D eigenvalue weighted by Crippen LogP contribution is 2.34. The summed E-state index contributed by atoms with van der Waals surface area (Å²) in [4.78, 5) is 8.62. The number of hydrogen-bond acceptors (Lipinski definition) is 2. The lowest BCUT2D eigenvalue weighted by Gasteiger charge is -1.69. The second-order valence-electron chi connectivity index (χ2n) is 1.00. The summed E-state index contributed by atoms with van der Waals surface area (Å²) >= 11 is 3.04. The molecule has 0 saturated carbocycles. The number of rotatable bonds is 0. The van der Waals surface area contributed by atoms with Crippen LogP contribution in [0.5, 0.6) is 0 Å². The Hall–Kier alpha value is 0.400. The maximum Gasteiger partial charge on any atom is 0.284 e. The Bertz CT molecular complexity index is 45.6. The first-order valence-corrected chi connectivity index (χ1v) is 2.06. The van der Waals surface area contributed by atoms with E-state index >= 15 is 0 Å². The van der Waals surface area contributed by atoms with Crippen LogP contribution in [0.3, 0.4) is 0 Å². The molecular weight excluding hydrogens is 136 g/mol. The third kappa shape index (κ3) is 0.869. The lowest BCUT2D eigenvalue weighted by atomic mass is 10.8. The van der Waals surface area contributed by atoms with Crippen molar-refractivity contribution in [2.75, 3.05) is 0 Å². The van der Waals surface area contributed by atoms with Gasteiger partial charge >= 0.3 is 0 Å². The van der Waals surface area contributed by atoms with E-state index in [0.29, 0.717) is 0 Å². The van der Waals surface area contributed by atoms with Crippen molar-refractivity contribution in [3.05, 3.63) is 0 Å². The van der Waals surface area contributed by atoms with E-state index in [1.54, 1.807) is 6.92 Å². The van der Waals surface area contributed by atoms with Crippen molar-refractivity contribution in [3.63, 3.8) is 0 Å². The fraction of sp³-hybridized carbons (Fsp3) is 1.00. The molecule has 0 aliphatic carbocycles. The molecule has 0 aromatic heterocycles. The standard InChI is InChI=1S/C2H3BrO2/c1-2(3)4-5-2/h1H3. The topological polar surface area (TPSA) is 25.1 Å². The second-order valence-corrected chi connectivity index (χ2v) is 2.44. The summed E-state index contributed by atoms with van der Waals surface area (Å²) in [5, 5.41) is 0. The molecule has 0 spiro atoms. The summed E-state index contributed by atoms with van der Waals surface area (Å²) < 4.78 is -0.438. The van der Waals surface area contributed by atoms with Crippen molar-refractivity contribution in [2.45, 2.75) is 11.6 Å². The molecular formula is C2H3BrO2. The predicted molar refractivity (Wildman–Crippen MR) is 19.5 cm³/mol. The second kappa shape index (κ2) is 0.721. The molecule has 0 aromatic rings. The van der Waals surface area contributed by atoms with Crippen molar-refractivity contribution in [1.29, 1.82) is 0 Å². The Morgan fingerprint density at radius 3 is 1.80 bits per heavy atom. The quantitative estimate of drug-likeness (QED) is 0.284. The van der Waals surface area contributed by atoms with Crippen LogP contribution in [0.15, 0.2) is 0 Å². The largest absolute Gasteiger partial charge is 0.284 e. The summed E-state index contributed by atoms with van der Waals surface area (Å²) in [5.74, 6) is 0. The van der Waals surface area contributed by atoms with Gasteiger partial charge in [0.25, 0.3) is 4.70 Å². The van der Waals surface area contributed by atoms with Gasteiger partial charge in [0.05, 0.1) is 0 Å². The van der Waals surface area contributed by atoms with Crippen molar-refractivity contribution in [3.8, 4) is 0 Å².